The van der Waals surface area contributed by atoms with E-state index < -0.39 is 17.3 Å². The van der Waals surface area contributed by atoms with Crippen LogP contribution in [0.1, 0.15) is 37.8 Å². The molecule has 1 N–H and O–H groups in total. The Labute approximate surface area is 112 Å². The molecule has 1 fully saturated rings. The fraction of sp³-hybridized carbons (Fsp3) is 0.600. The van der Waals surface area contributed by atoms with E-state index in [0.29, 0.717) is 17.9 Å². The third kappa shape index (κ3) is 3.50. The van der Waals surface area contributed by atoms with Crippen molar-refractivity contribution >= 4 is 0 Å². The van der Waals surface area contributed by atoms with Gasteiger partial charge in [-0.15, -0.1) is 0 Å². The van der Waals surface area contributed by atoms with Gasteiger partial charge in [0.15, 0.2) is 11.6 Å². The van der Waals surface area contributed by atoms with E-state index in [1.807, 2.05) is 0 Å². The van der Waals surface area contributed by atoms with Gasteiger partial charge in [0.25, 0.3) is 0 Å². The molecule has 1 nitrogen and oxygen atoms in total. The second kappa shape index (κ2) is 5.53. The fourth-order valence-electron chi connectivity index (χ4n) is 2.53. The van der Waals surface area contributed by atoms with Gasteiger partial charge in [0.1, 0.15) is 5.67 Å². The van der Waals surface area contributed by atoms with Crippen LogP contribution in [-0.2, 0) is 12.1 Å². The highest BCUT2D eigenvalue weighted by Gasteiger charge is 2.24. The van der Waals surface area contributed by atoms with Crippen LogP contribution in [0.5, 0.6) is 0 Å². The first-order chi connectivity index (χ1) is 8.88. The number of hydrogen-bond donors (Lipinski definition) is 1. The standard InChI is InChI=1S/C15H20F3N/c1-15(2,18)12-8-11(14(17)13(16)9-12)7-10-3-5-19-6-4-10/h8-10,19H,3-7H2,1-2H3. The van der Waals surface area contributed by atoms with Gasteiger partial charge in [0.05, 0.1) is 0 Å². The third-order valence-electron chi connectivity index (χ3n) is 3.76. The molecule has 19 heavy (non-hydrogen) atoms. The summed E-state index contributed by atoms with van der Waals surface area (Å²) in [6.45, 7) is 4.52. The first kappa shape index (κ1) is 14.4. The molecule has 1 heterocycles. The second-order valence-corrected chi connectivity index (χ2v) is 5.80. The van der Waals surface area contributed by atoms with Gasteiger partial charge in [-0.05, 0) is 75.4 Å². The van der Waals surface area contributed by atoms with Crippen molar-refractivity contribution in [3.8, 4) is 0 Å². The number of rotatable bonds is 3. The molecule has 106 valence electrons. The summed E-state index contributed by atoms with van der Waals surface area (Å²) >= 11 is 0. The van der Waals surface area contributed by atoms with Crippen LogP contribution >= 0.6 is 0 Å². The third-order valence-corrected chi connectivity index (χ3v) is 3.76. The van der Waals surface area contributed by atoms with E-state index in [1.54, 1.807) is 0 Å². The zero-order valence-corrected chi connectivity index (χ0v) is 11.4. The molecular formula is C15H20F3N. The van der Waals surface area contributed by atoms with Gasteiger partial charge < -0.3 is 5.32 Å². The van der Waals surface area contributed by atoms with Crippen LogP contribution in [0, 0.1) is 17.6 Å². The lowest BCUT2D eigenvalue weighted by Gasteiger charge is -2.24. The average molecular weight is 271 g/mol. The molecule has 1 aliphatic heterocycles. The molecule has 1 saturated heterocycles. The molecular weight excluding hydrogens is 251 g/mol. The van der Waals surface area contributed by atoms with Gasteiger partial charge in [0.2, 0.25) is 0 Å². The monoisotopic (exact) mass is 271 g/mol. The number of hydrogen-bond acceptors (Lipinski definition) is 1. The second-order valence-electron chi connectivity index (χ2n) is 5.80. The minimum absolute atomic E-state index is 0.204. The summed E-state index contributed by atoms with van der Waals surface area (Å²) in [6.07, 6.45) is 2.38. The first-order valence-corrected chi connectivity index (χ1v) is 6.76. The zero-order valence-electron chi connectivity index (χ0n) is 11.4. The van der Waals surface area contributed by atoms with E-state index in [2.05, 4.69) is 5.32 Å². The van der Waals surface area contributed by atoms with Crippen molar-refractivity contribution in [3.63, 3.8) is 0 Å². The van der Waals surface area contributed by atoms with Gasteiger partial charge in [0, 0.05) is 0 Å². The van der Waals surface area contributed by atoms with Crippen LogP contribution in [0.25, 0.3) is 0 Å². The summed E-state index contributed by atoms with van der Waals surface area (Å²) in [4.78, 5) is 0. The Kier molecular flexibility index (Phi) is 4.19. The van der Waals surface area contributed by atoms with E-state index in [1.165, 1.54) is 19.9 Å². The van der Waals surface area contributed by atoms with Gasteiger partial charge in [-0.25, -0.2) is 13.2 Å². The van der Waals surface area contributed by atoms with Crippen molar-refractivity contribution < 1.29 is 13.2 Å². The maximum atomic E-state index is 13.9. The van der Waals surface area contributed by atoms with Gasteiger partial charge in [-0.3, -0.25) is 0 Å². The number of alkyl halides is 1. The quantitative estimate of drug-likeness (QED) is 0.883. The van der Waals surface area contributed by atoms with Crippen molar-refractivity contribution in [2.75, 3.05) is 13.1 Å². The molecule has 0 radical (unpaired) electrons. The van der Waals surface area contributed by atoms with E-state index in [4.69, 9.17) is 0 Å². The molecule has 0 bridgehead atoms. The molecule has 0 spiro atoms. The lowest BCUT2D eigenvalue weighted by atomic mass is 9.88. The lowest BCUT2D eigenvalue weighted by Crippen LogP contribution is -2.29. The van der Waals surface area contributed by atoms with E-state index in [0.717, 1.165) is 32.0 Å². The maximum Gasteiger partial charge on any atom is 0.162 e. The molecule has 1 aromatic rings. The molecule has 0 saturated carbocycles. The van der Waals surface area contributed by atoms with Crippen LogP contribution in [0.3, 0.4) is 0 Å². The van der Waals surface area contributed by atoms with Crippen LogP contribution in [0.15, 0.2) is 12.1 Å². The SMILES string of the molecule is CC(C)(F)c1cc(F)c(F)c(CC2CCNCC2)c1. The van der Waals surface area contributed by atoms with Crippen molar-refractivity contribution in [2.24, 2.45) is 5.92 Å². The highest BCUT2D eigenvalue weighted by atomic mass is 19.2. The average Bonchev–Trinajstić information content (AvgIpc) is 2.34. The van der Waals surface area contributed by atoms with Gasteiger partial charge >= 0.3 is 0 Å². The molecule has 0 aliphatic carbocycles. The summed E-state index contributed by atoms with van der Waals surface area (Å²) < 4.78 is 41.3. The number of piperidine rings is 1. The van der Waals surface area contributed by atoms with Gasteiger partial charge in [-0.2, -0.15) is 0 Å². The van der Waals surface area contributed by atoms with E-state index >= 15 is 0 Å². The summed E-state index contributed by atoms with van der Waals surface area (Å²) in [5.41, 5.74) is -1.15. The molecule has 2 rings (SSSR count). The lowest BCUT2D eigenvalue weighted by molar-refractivity contribution is 0.220. The van der Waals surface area contributed by atoms with E-state index in [9.17, 15) is 13.2 Å². The summed E-state index contributed by atoms with van der Waals surface area (Å²) in [6, 6.07) is 2.43. The minimum Gasteiger partial charge on any atom is -0.317 e. The molecule has 1 aromatic carbocycles. The smallest absolute Gasteiger partial charge is 0.162 e. The molecule has 0 amide bonds. The Hall–Kier alpha value is -1.03. The van der Waals surface area contributed by atoms with Gasteiger partial charge in [-0.1, -0.05) is 0 Å². The summed E-state index contributed by atoms with van der Waals surface area (Å²) in [5.74, 6) is -1.44. The Balaban J connectivity index is 2.25. The molecule has 4 heteroatoms. The summed E-state index contributed by atoms with van der Waals surface area (Å²) in [5, 5.41) is 3.23. The highest BCUT2D eigenvalue weighted by molar-refractivity contribution is 5.30. The van der Waals surface area contributed by atoms with Crippen LogP contribution in [0.4, 0.5) is 13.2 Å². The molecule has 0 aromatic heterocycles. The molecule has 0 unspecified atom stereocenters. The molecule has 0 atom stereocenters. The minimum atomic E-state index is -1.66. The topological polar surface area (TPSA) is 12.0 Å². The van der Waals surface area contributed by atoms with Crippen molar-refractivity contribution in [1.29, 1.82) is 0 Å². The number of nitrogens with one attached hydrogen (secondary N) is 1. The first-order valence-electron chi connectivity index (χ1n) is 6.76. The Morgan fingerprint density at radius 2 is 1.84 bits per heavy atom. The molecule has 1 aliphatic rings. The van der Waals surface area contributed by atoms with E-state index in [-0.39, 0.29) is 5.56 Å². The predicted molar refractivity (Wildman–Crippen MR) is 69.8 cm³/mol. The largest absolute Gasteiger partial charge is 0.317 e. The van der Waals surface area contributed by atoms with Crippen molar-refractivity contribution in [3.05, 3.63) is 34.9 Å². The number of benzene rings is 1. The Bertz CT molecular complexity index is 445. The predicted octanol–water partition coefficient (Wildman–Crippen LogP) is 3.71. The highest BCUT2D eigenvalue weighted by Crippen LogP contribution is 2.29. The van der Waals surface area contributed by atoms with Crippen molar-refractivity contribution in [1.82, 2.24) is 5.32 Å². The summed E-state index contributed by atoms with van der Waals surface area (Å²) in [7, 11) is 0. The van der Waals surface area contributed by atoms with Crippen LogP contribution < -0.4 is 5.32 Å². The van der Waals surface area contributed by atoms with Crippen molar-refractivity contribution in [2.45, 2.75) is 38.8 Å². The van der Waals surface area contributed by atoms with Crippen LogP contribution in [-0.4, -0.2) is 13.1 Å². The fourth-order valence-corrected chi connectivity index (χ4v) is 2.53. The normalized spacial score (nSPS) is 17.7. The maximum absolute atomic E-state index is 13.9. The Morgan fingerprint density at radius 1 is 1.21 bits per heavy atom. The zero-order chi connectivity index (χ0) is 14.0. The Morgan fingerprint density at radius 3 is 2.42 bits per heavy atom. The number of halogens is 3. The van der Waals surface area contributed by atoms with Crippen LogP contribution in [0.2, 0.25) is 0 Å².